The second-order valence-electron chi connectivity index (χ2n) is 6.60. The summed E-state index contributed by atoms with van der Waals surface area (Å²) in [5.41, 5.74) is 2.17. The largest absolute Gasteiger partial charge is 0.376 e. The molecule has 1 aromatic heterocycles. The van der Waals surface area contributed by atoms with Crippen LogP contribution in [0, 0.1) is 12.8 Å². The van der Waals surface area contributed by atoms with Gasteiger partial charge < -0.3 is 14.6 Å². The zero-order valence-corrected chi connectivity index (χ0v) is 14.4. The molecule has 2 heterocycles. The van der Waals surface area contributed by atoms with Gasteiger partial charge in [0.15, 0.2) is 0 Å². The van der Waals surface area contributed by atoms with Crippen molar-refractivity contribution in [3.05, 3.63) is 53.6 Å². The van der Waals surface area contributed by atoms with Gasteiger partial charge in [-0.25, -0.2) is 4.98 Å². The molecule has 128 valence electrons. The molecule has 5 heteroatoms. The van der Waals surface area contributed by atoms with Crippen molar-refractivity contribution in [3.63, 3.8) is 0 Å². The summed E-state index contributed by atoms with van der Waals surface area (Å²) in [6.45, 7) is 5.70. The SMILES string of the molecule is Cc1cn2c(n1)CC[C@@H](NC(=O)[C@@H](C)COCc1ccccc1)C2. The van der Waals surface area contributed by atoms with Crippen LogP contribution in [0.4, 0.5) is 0 Å². The van der Waals surface area contributed by atoms with Crippen LogP contribution >= 0.6 is 0 Å². The topological polar surface area (TPSA) is 56.2 Å². The van der Waals surface area contributed by atoms with E-state index in [1.54, 1.807) is 0 Å². The predicted octanol–water partition coefficient (Wildman–Crippen LogP) is 2.48. The molecule has 0 saturated carbocycles. The minimum absolute atomic E-state index is 0.0633. The first-order chi connectivity index (χ1) is 11.6. The number of aromatic nitrogens is 2. The summed E-state index contributed by atoms with van der Waals surface area (Å²) in [7, 11) is 0. The number of benzene rings is 1. The predicted molar refractivity (Wildman–Crippen MR) is 92.5 cm³/mol. The Morgan fingerprint density at radius 2 is 2.21 bits per heavy atom. The molecule has 0 aliphatic carbocycles. The number of hydrogen-bond acceptors (Lipinski definition) is 3. The Bertz CT molecular complexity index is 681. The number of imidazole rings is 1. The zero-order valence-electron chi connectivity index (χ0n) is 14.4. The number of carbonyl (C=O) groups is 1. The average Bonchev–Trinajstić information content (AvgIpc) is 2.95. The highest BCUT2D eigenvalue weighted by Crippen LogP contribution is 2.15. The lowest BCUT2D eigenvalue weighted by Gasteiger charge is -2.26. The van der Waals surface area contributed by atoms with Gasteiger partial charge in [-0.15, -0.1) is 0 Å². The van der Waals surface area contributed by atoms with E-state index >= 15 is 0 Å². The first-order valence-corrected chi connectivity index (χ1v) is 8.56. The summed E-state index contributed by atoms with van der Waals surface area (Å²) in [5.74, 6) is 1.03. The van der Waals surface area contributed by atoms with Crippen LogP contribution in [0.5, 0.6) is 0 Å². The third-order valence-electron chi connectivity index (χ3n) is 4.39. The van der Waals surface area contributed by atoms with Gasteiger partial charge in [0, 0.05) is 25.2 Å². The second kappa shape index (κ2) is 7.62. The van der Waals surface area contributed by atoms with Crippen LogP contribution in [0.25, 0.3) is 0 Å². The fraction of sp³-hybridized carbons (Fsp3) is 0.474. The summed E-state index contributed by atoms with van der Waals surface area (Å²) < 4.78 is 7.83. The van der Waals surface area contributed by atoms with E-state index in [0.29, 0.717) is 13.2 Å². The molecule has 2 atom stereocenters. The molecule has 1 amide bonds. The van der Waals surface area contributed by atoms with Crippen LogP contribution in [0.2, 0.25) is 0 Å². The fourth-order valence-electron chi connectivity index (χ4n) is 3.05. The van der Waals surface area contributed by atoms with E-state index in [9.17, 15) is 4.79 Å². The lowest BCUT2D eigenvalue weighted by atomic mass is 10.1. The molecule has 1 N–H and O–H groups in total. The number of nitrogens with zero attached hydrogens (tertiary/aromatic N) is 2. The van der Waals surface area contributed by atoms with E-state index in [-0.39, 0.29) is 17.9 Å². The molecule has 0 spiro atoms. The Labute approximate surface area is 143 Å². The molecule has 1 aliphatic rings. The van der Waals surface area contributed by atoms with E-state index in [1.807, 2.05) is 44.2 Å². The Morgan fingerprint density at radius 3 is 3.00 bits per heavy atom. The van der Waals surface area contributed by atoms with Crippen molar-refractivity contribution in [2.45, 2.75) is 45.9 Å². The number of hydrogen-bond donors (Lipinski definition) is 1. The van der Waals surface area contributed by atoms with Gasteiger partial charge in [-0.2, -0.15) is 0 Å². The Kier molecular flexibility index (Phi) is 5.30. The molecule has 3 rings (SSSR count). The van der Waals surface area contributed by atoms with E-state index in [2.05, 4.69) is 21.1 Å². The van der Waals surface area contributed by atoms with Gasteiger partial charge in [-0.1, -0.05) is 37.3 Å². The van der Waals surface area contributed by atoms with E-state index in [1.165, 1.54) is 0 Å². The van der Waals surface area contributed by atoms with Crippen LogP contribution < -0.4 is 5.32 Å². The van der Waals surface area contributed by atoms with Gasteiger partial charge in [0.05, 0.1) is 24.8 Å². The summed E-state index contributed by atoms with van der Waals surface area (Å²) >= 11 is 0. The third kappa shape index (κ3) is 4.23. The number of ether oxygens (including phenoxy) is 1. The summed E-state index contributed by atoms with van der Waals surface area (Å²) in [6, 6.07) is 10.2. The number of rotatable bonds is 6. The van der Waals surface area contributed by atoms with Crippen molar-refractivity contribution >= 4 is 5.91 Å². The molecule has 0 fully saturated rings. The number of nitrogens with one attached hydrogen (secondary N) is 1. The highest BCUT2D eigenvalue weighted by atomic mass is 16.5. The van der Waals surface area contributed by atoms with Gasteiger partial charge in [0.1, 0.15) is 5.82 Å². The zero-order chi connectivity index (χ0) is 16.9. The normalized spacial score (nSPS) is 18.0. The number of amides is 1. The quantitative estimate of drug-likeness (QED) is 0.887. The van der Waals surface area contributed by atoms with Crippen molar-refractivity contribution in [1.29, 1.82) is 0 Å². The van der Waals surface area contributed by atoms with Crippen molar-refractivity contribution in [2.24, 2.45) is 5.92 Å². The maximum atomic E-state index is 12.4. The molecule has 0 radical (unpaired) electrons. The van der Waals surface area contributed by atoms with Gasteiger partial charge in [0.2, 0.25) is 5.91 Å². The van der Waals surface area contributed by atoms with Crippen LogP contribution in [0.3, 0.4) is 0 Å². The highest BCUT2D eigenvalue weighted by molar-refractivity contribution is 5.78. The maximum Gasteiger partial charge on any atom is 0.225 e. The lowest BCUT2D eigenvalue weighted by molar-refractivity contribution is -0.127. The molecule has 0 unspecified atom stereocenters. The first-order valence-electron chi connectivity index (χ1n) is 8.56. The Morgan fingerprint density at radius 1 is 1.42 bits per heavy atom. The molecule has 1 aromatic carbocycles. The first kappa shape index (κ1) is 16.7. The third-order valence-corrected chi connectivity index (χ3v) is 4.39. The van der Waals surface area contributed by atoms with Crippen LogP contribution in [-0.4, -0.2) is 28.1 Å². The van der Waals surface area contributed by atoms with Gasteiger partial charge in [-0.3, -0.25) is 4.79 Å². The molecule has 0 saturated heterocycles. The molecule has 1 aliphatic heterocycles. The van der Waals surface area contributed by atoms with Crippen LogP contribution in [0.15, 0.2) is 36.5 Å². The lowest BCUT2D eigenvalue weighted by Crippen LogP contribution is -2.43. The van der Waals surface area contributed by atoms with Crippen LogP contribution in [-0.2, 0) is 29.1 Å². The van der Waals surface area contributed by atoms with E-state index in [0.717, 1.165) is 36.5 Å². The summed E-state index contributed by atoms with van der Waals surface area (Å²) in [6.07, 6.45) is 3.91. The number of fused-ring (bicyclic) bond motifs is 1. The number of carbonyl (C=O) groups excluding carboxylic acids is 1. The smallest absolute Gasteiger partial charge is 0.225 e. The van der Waals surface area contributed by atoms with Crippen molar-refractivity contribution in [1.82, 2.24) is 14.9 Å². The summed E-state index contributed by atoms with van der Waals surface area (Å²) in [4.78, 5) is 16.9. The standard InChI is InChI=1S/C19H25N3O2/c1-14(12-24-13-16-6-4-3-5-7-16)19(23)21-17-8-9-18-20-15(2)10-22(18)11-17/h3-7,10,14,17H,8-9,11-13H2,1-2H3,(H,21,23)/t14-,17+/m0/s1. The molecule has 0 bridgehead atoms. The molecular weight excluding hydrogens is 302 g/mol. The van der Waals surface area contributed by atoms with Crippen molar-refractivity contribution in [2.75, 3.05) is 6.61 Å². The second-order valence-corrected chi connectivity index (χ2v) is 6.60. The van der Waals surface area contributed by atoms with Crippen molar-refractivity contribution < 1.29 is 9.53 Å². The molecule has 5 nitrogen and oxygen atoms in total. The van der Waals surface area contributed by atoms with Gasteiger partial charge in [0.25, 0.3) is 0 Å². The highest BCUT2D eigenvalue weighted by Gasteiger charge is 2.23. The van der Waals surface area contributed by atoms with Crippen molar-refractivity contribution in [3.8, 4) is 0 Å². The van der Waals surface area contributed by atoms with E-state index in [4.69, 9.17) is 4.74 Å². The van der Waals surface area contributed by atoms with Gasteiger partial charge >= 0.3 is 0 Å². The molecular formula is C19H25N3O2. The van der Waals surface area contributed by atoms with E-state index < -0.39 is 0 Å². The Balaban J connectivity index is 1.43. The Hall–Kier alpha value is -2.14. The fourth-order valence-corrected chi connectivity index (χ4v) is 3.05. The molecule has 24 heavy (non-hydrogen) atoms. The monoisotopic (exact) mass is 327 g/mol. The van der Waals surface area contributed by atoms with Gasteiger partial charge in [-0.05, 0) is 18.9 Å². The average molecular weight is 327 g/mol. The summed E-state index contributed by atoms with van der Waals surface area (Å²) in [5, 5.41) is 3.15. The minimum Gasteiger partial charge on any atom is -0.376 e. The van der Waals surface area contributed by atoms with Crippen LogP contribution in [0.1, 0.15) is 30.4 Å². The molecule has 2 aromatic rings. The maximum absolute atomic E-state index is 12.4. The number of aryl methyl sites for hydroxylation is 2. The minimum atomic E-state index is -0.153.